The summed E-state index contributed by atoms with van der Waals surface area (Å²) < 4.78 is 0. The van der Waals surface area contributed by atoms with Crippen molar-refractivity contribution in [2.24, 2.45) is 0 Å². The van der Waals surface area contributed by atoms with Crippen LogP contribution in [0.5, 0.6) is 0 Å². The van der Waals surface area contributed by atoms with Gasteiger partial charge in [0.15, 0.2) is 0 Å². The van der Waals surface area contributed by atoms with E-state index in [2.05, 4.69) is 43.9 Å². The highest BCUT2D eigenvalue weighted by molar-refractivity contribution is 5.70. The Morgan fingerprint density at radius 2 is 2.07 bits per heavy atom. The predicted octanol–water partition coefficient (Wildman–Crippen LogP) is 4.40. The zero-order valence-electron chi connectivity index (χ0n) is 9.75. The molecule has 0 amide bonds. The second-order valence-corrected chi connectivity index (χ2v) is 3.81. The van der Waals surface area contributed by atoms with Crippen LogP contribution in [-0.2, 0) is 0 Å². The molecule has 0 atom stereocenters. The summed E-state index contributed by atoms with van der Waals surface area (Å²) in [5.41, 5.74) is 3.64. The monoisotopic (exact) mass is 201 g/mol. The molecule has 0 aromatic heterocycles. The average Bonchev–Trinajstić information content (AvgIpc) is 2.25. The van der Waals surface area contributed by atoms with Crippen LogP contribution in [-0.4, -0.2) is 0 Å². The van der Waals surface area contributed by atoms with Crippen LogP contribution in [0.4, 0.5) is 5.69 Å². The lowest BCUT2D eigenvalue weighted by Crippen LogP contribution is -1.98. The molecule has 1 heteroatoms. The first-order valence-corrected chi connectivity index (χ1v) is 5.33. The molecule has 0 aliphatic rings. The summed E-state index contributed by atoms with van der Waals surface area (Å²) in [4.78, 5) is 0. The summed E-state index contributed by atoms with van der Waals surface area (Å²) in [6.45, 7) is 10.2. The quantitative estimate of drug-likeness (QED) is 0.761. The van der Waals surface area contributed by atoms with E-state index in [1.807, 2.05) is 25.3 Å². The number of hydrogen-bond acceptors (Lipinski definition) is 1. The smallest absolute Gasteiger partial charge is 0.0488 e. The number of rotatable bonds is 4. The molecule has 1 aromatic rings. The summed E-state index contributed by atoms with van der Waals surface area (Å²) in [6, 6.07) is 6.31. The number of hydrogen-bond donors (Lipinski definition) is 1. The third kappa shape index (κ3) is 2.72. The first-order valence-electron chi connectivity index (χ1n) is 5.33. The fourth-order valence-corrected chi connectivity index (χ4v) is 1.57. The zero-order chi connectivity index (χ0) is 11.3. The highest BCUT2D eigenvalue weighted by Gasteiger charge is 2.07. The molecule has 0 radical (unpaired) electrons. The van der Waals surface area contributed by atoms with Crippen molar-refractivity contribution in [3.8, 4) is 0 Å². The standard InChI is InChI=1S/C14H19N/c1-5-10-15-14-12(6-2)8-7-9-13(14)11(3)4/h5-11,15H,2H2,1,3-4H3/b10-5-. The van der Waals surface area contributed by atoms with Crippen molar-refractivity contribution < 1.29 is 0 Å². The molecule has 1 N–H and O–H groups in total. The third-order valence-electron chi connectivity index (χ3n) is 2.37. The Bertz CT molecular complexity index is 362. The van der Waals surface area contributed by atoms with Crippen molar-refractivity contribution in [3.63, 3.8) is 0 Å². The fraction of sp³-hybridized carbons (Fsp3) is 0.286. The van der Waals surface area contributed by atoms with E-state index < -0.39 is 0 Å². The number of para-hydroxylation sites is 1. The first kappa shape index (κ1) is 11.6. The van der Waals surface area contributed by atoms with Gasteiger partial charge in [0, 0.05) is 5.69 Å². The molecule has 1 aromatic carbocycles. The minimum Gasteiger partial charge on any atom is -0.361 e. The lowest BCUT2D eigenvalue weighted by Gasteiger charge is -2.15. The molecule has 80 valence electrons. The van der Waals surface area contributed by atoms with Crippen molar-refractivity contribution in [3.05, 3.63) is 48.2 Å². The molecule has 0 fully saturated rings. The number of anilines is 1. The van der Waals surface area contributed by atoms with Crippen molar-refractivity contribution in [2.45, 2.75) is 26.7 Å². The topological polar surface area (TPSA) is 12.0 Å². The van der Waals surface area contributed by atoms with E-state index in [1.165, 1.54) is 11.3 Å². The lowest BCUT2D eigenvalue weighted by molar-refractivity contribution is 0.868. The van der Waals surface area contributed by atoms with Crippen molar-refractivity contribution in [1.29, 1.82) is 0 Å². The maximum Gasteiger partial charge on any atom is 0.0488 e. The zero-order valence-corrected chi connectivity index (χ0v) is 9.75. The van der Waals surface area contributed by atoms with Gasteiger partial charge in [-0.25, -0.2) is 0 Å². The summed E-state index contributed by atoms with van der Waals surface area (Å²) in [6.07, 6.45) is 5.83. The highest BCUT2D eigenvalue weighted by atomic mass is 14.8. The molecular weight excluding hydrogens is 182 g/mol. The maximum atomic E-state index is 3.84. The summed E-state index contributed by atoms with van der Waals surface area (Å²) in [5, 5.41) is 3.31. The van der Waals surface area contributed by atoms with Gasteiger partial charge in [0.25, 0.3) is 0 Å². The van der Waals surface area contributed by atoms with Gasteiger partial charge in [0.05, 0.1) is 0 Å². The molecule has 15 heavy (non-hydrogen) atoms. The largest absolute Gasteiger partial charge is 0.361 e. The Hall–Kier alpha value is -1.50. The average molecular weight is 201 g/mol. The van der Waals surface area contributed by atoms with Crippen LogP contribution in [0.25, 0.3) is 6.08 Å². The minimum atomic E-state index is 0.512. The number of nitrogens with one attached hydrogen (secondary N) is 1. The summed E-state index contributed by atoms with van der Waals surface area (Å²) in [5.74, 6) is 0.512. The molecule has 0 saturated heterocycles. The van der Waals surface area contributed by atoms with Crippen LogP contribution in [0, 0.1) is 0 Å². The van der Waals surface area contributed by atoms with Gasteiger partial charge in [-0.3, -0.25) is 0 Å². The van der Waals surface area contributed by atoms with E-state index in [1.54, 1.807) is 0 Å². The fourth-order valence-electron chi connectivity index (χ4n) is 1.57. The summed E-state index contributed by atoms with van der Waals surface area (Å²) >= 11 is 0. The van der Waals surface area contributed by atoms with Crippen LogP contribution in [0.3, 0.4) is 0 Å². The molecule has 0 unspecified atom stereocenters. The second-order valence-electron chi connectivity index (χ2n) is 3.81. The molecule has 0 spiro atoms. The first-order chi connectivity index (χ1) is 7.20. The Kier molecular flexibility index (Phi) is 4.17. The summed E-state index contributed by atoms with van der Waals surface area (Å²) in [7, 11) is 0. The van der Waals surface area contributed by atoms with Gasteiger partial charge in [-0.2, -0.15) is 0 Å². The van der Waals surface area contributed by atoms with Crippen molar-refractivity contribution in [1.82, 2.24) is 0 Å². The predicted molar refractivity (Wildman–Crippen MR) is 69.1 cm³/mol. The van der Waals surface area contributed by atoms with Crippen LogP contribution in [0.2, 0.25) is 0 Å². The van der Waals surface area contributed by atoms with Gasteiger partial charge in [0.1, 0.15) is 0 Å². The Morgan fingerprint density at radius 3 is 2.60 bits per heavy atom. The molecule has 0 aliphatic carbocycles. The molecule has 0 heterocycles. The van der Waals surface area contributed by atoms with Crippen LogP contribution in [0.15, 0.2) is 37.1 Å². The Labute approximate surface area is 92.5 Å². The van der Waals surface area contributed by atoms with Crippen LogP contribution >= 0.6 is 0 Å². The second kappa shape index (κ2) is 5.40. The van der Waals surface area contributed by atoms with Gasteiger partial charge in [-0.1, -0.05) is 50.8 Å². The molecule has 0 saturated carbocycles. The van der Waals surface area contributed by atoms with E-state index in [-0.39, 0.29) is 0 Å². The van der Waals surface area contributed by atoms with Crippen LogP contribution < -0.4 is 5.32 Å². The SMILES string of the molecule is C=Cc1cccc(C(C)C)c1N/C=C\C. The molecular formula is C14H19N. The van der Waals surface area contributed by atoms with Gasteiger partial charge in [-0.05, 0) is 30.2 Å². The van der Waals surface area contributed by atoms with E-state index in [0.29, 0.717) is 5.92 Å². The van der Waals surface area contributed by atoms with Crippen molar-refractivity contribution >= 4 is 11.8 Å². The van der Waals surface area contributed by atoms with E-state index in [0.717, 1.165) is 5.56 Å². The molecule has 0 aliphatic heterocycles. The van der Waals surface area contributed by atoms with Crippen molar-refractivity contribution in [2.75, 3.05) is 5.32 Å². The molecule has 0 bridgehead atoms. The number of allylic oxidation sites excluding steroid dienone is 1. The molecule has 1 nitrogen and oxygen atoms in total. The molecule has 1 rings (SSSR count). The Balaban J connectivity index is 3.20. The lowest BCUT2D eigenvalue weighted by atomic mass is 9.97. The Morgan fingerprint density at radius 1 is 1.33 bits per heavy atom. The van der Waals surface area contributed by atoms with E-state index in [9.17, 15) is 0 Å². The van der Waals surface area contributed by atoms with Gasteiger partial charge in [0.2, 0.25) is 0 Å². The van der Waals surface area contributed by atoms with E-state index in [4.69, 9.17) is 0 Å². The third-order valence-corrected chi connectivity index (χ3v) is 2.37. The van der Waals surface area contributed by atoms with Crippen LogP contribution in [0.1, 0.15) is 37.8 Å². The minimum absolute atomic E-state index is 0.512. The van der Waals surface area contributed by atoms with Gasteiger partial charge < -0.3 is 5.32 Å². The number of benzene rings is 1. The van der Waals surface area contributed by atoms with E-state index >= 15 is 0 Å². The normalized spacial score (nSPS) is 10.9. The maximum absolute atomic E-state index is 3.84. The van der Waals surface area contributed by atoms with Gasteiger partial charge >= 0.3 is 0 Å². The highest BCUT2D eigenvalue weighted by Crippen LogP contribution is 2.28. The van der Waals surface area contributed by atoms with Gasteiger partial charge in [-0.15, -0.1) is 0 Å².